The van der Waals surface area contributed by atoms with Crippen LogP contribution in [0.1, 0.15) is 22.3 Å². The third kappa shape index (κ3) is 4.91. The summed E-state index contributed by atoms with van der Waals surface area (Å²) in [6.45, 7) is 6.60. The number of amides is 3. The third-order valence-electron chi connectivity index (χ3n) is 5.39. The number of nitrogens with one attached hydrogen (secondary N) is 2. The topological polar surface area (TPSA) is 61.4 Å². The molecule has 1 aliphatic heterocycles. The molecule has 0 aromatic heterocycles. The lowest BCUT2D eigenvalue weighted by molar-refractivity contribution is -0.116. The van der Waals surface area contributed by atoms with Crippen molar-refractivity contribution in [3.8, 4) is 0 Å². The summed E-state index contributed by atoms with van der Waals surface area (Å²) in [5, 5.41) is 5.75. The van der Waals surface area contributed by atoms with Crippen LogP contribution in [0.2, 0.25) is 0 Å². The first-order valence-electron chi connectivity index (χ1n) is 10.2. The van der Waals surface area contributed by atoms with Crippen LogP contribution in [0.3, 0.4) is 0 Å². The molecule has 6 heteroatoms. The van der Waals surface area contributed by atoms with Crippen LogP contribution in [-0.2, 0) is 11.3 Å². The van der Waals surface area contributed by atoms with Crippen molar-refractivity contribution in [1.29, 1.82) is 0 Å². The fourth-order valence-electron chi connectivity index (χ4n) is 3.44. The maximum absolute atomic E-state index is 12.7. The van der Waals surface area contributed by atoms with Gasteiger partial charge in [0.05, 0.1) is 18.0 Å². The molecule has 0 spiro atoms. The van der Waals surface area contributed by atoms with Crippen molar-refractivity contribution < 1.29 is 9.59 Å². The first-order valence-corrected chi connectivity index (χ1v) is 11.2. The molecule has 3 aromatic rings. The maximum Gasteiger partial charge on any atom is 0.323 e. The average molecular weight is 432 g/mol. The monoisotopic (exact) mass is 431 g/mol. The van der Waals surface area contributed by atoms with Crippen molar-refractivity contribution >= 4 is 40.8 Å². The van der Waals surface area contributed by atoms with Gasteiger partial charge in [-0.05, 0) is 67.8 Å². The lowest BCUT2D eigenvalue weighted by Crippen LogP contribution is -2.34. The van der Waals surface area contributed by atoms with Gasteiger partial charge in [-0.2, -0.15) is 0 Å². The van der Waals surface area contributed by atoms with Gasteiger partial charge in [0.25, 0.3) is 0 Å². The van der Waals surface area contributed by atoms with Gasteiger partial charge in [0.2, 0.25) is 5.91 Å². The van der Waals surface area contributed by atoms with Crippen LogP contribution in [-0.4, -0.2) is 17.7 Å². The van der Waals surface area contributed by atoms with Gasteiger partial charge in [-0.1, -0.05) is 35.9 Å². The number of hydrogen-bond acceptors (Lipinski definition) is 3. The Hall–Kier alpha value is -3.25. The molecule has 1 heterocycles. The number of hydrogen-bond donors (Lipinski definition) is 2. The zero-order chi connectivity index (χ0) is 22.0. The van der Waals surface area contributed by atoms with Gasteiger partial charge in [0.1, 0.15) is 0 Å². The molecule has 1 aliphatic rings. The minimum absolute atomic E-state index is 0.0646. The van der Waals surface area contributed by atoms with Crippen molar-refractivity contribution in [2.24, 2.45) is 0 Å². The molecule has 0 saturated heterocycles. The Morgan fingerprint density at radius 1 is 0.903 bits per heavy atom. The molecule has 0 fully saturated rings. The quantitative estimate of drug-likeness (QED) is 0.541. The predicted octanol–water partition coefficient (Wildman–Crippen LogP) is 5.89. The smallest absolute Gasteiger partial charge is 0.308 e. The van der Waals surface area contributed by atoms with Gasteiger partial charge in [0.15, 0.2) is 0 Å². The van der Waals surface area contributed by atoms with Gasteiger partial charge in [-0.15, -0.1) is 11.8 Å². The minimum atomic E-state index is -0.317. The predicted molar refractivity (Wildman–Crippen MR) is 128 cm³/mol. The van der Waals surface area contributed by atoms with E-state index in [2.05, 4.69) is 22.8 Å². The Labute approximate surface area is 186 Å². The molecule has 0 atom stereocenters. The van der Waals surface area contributed by atoms with E-state index < -0.39 is 0 Å². The molecule has 0 radical (unpaired) electrons. The normalized spacial score (nSPS) is 13.0. The van der Waals surface area contributed by atoms with Gasteiger partial charge >= 0.3 is 6.03 Å². The summed E-state index contributed by atoms with van der Waals surface area (Å²) in [7, 11) is 0. The maximum atomic E-state index is 12.7. The number of fused-ring (bicyclic) bond motifs is 1. The van der Waals surface area contributed by atoms with Crippen molar-refractivity contribution in [3.05, 3.63) is 82.9 Å². The first kappa shape index (κ1) is 21.0. The van der Waals surface area contributed by atoms with Crippen LogP contribution in [0.15, 0.2) is 65.6 Å². The Balaban J connectivity index is 1.52. The lowest BCUT2D eigenvalue weighted by Gasteiger charge is -2.29. The lowest BCUT2D eigenvalue weighted by atomic mass is 10.1. The summed E-state index contributed by atoms with van der Waals surface area (Å²) in [6.07, 6.45) is 0. The van der Waals surface area contributed by atoms with Crippen molar-refractivity contribution in [2.45, 2.75) is 32.2 Å². The Morgan fingerprint density at radius 3 is 2.29 bits per heavy atom. The number of anilines is 3. The summed E-state index contributed by atoms with van der Waals surface area (Å²) >= 11 is 1.53. The van der Waals surface area contributed by atoms with E-state index in [0.29, 0.717) is 18.0 Å². The summed E-state index contributed by atoms with van der Waals surface area (Å²) in [5.41, 5.74) is 6.76. The molecule has 158 valence electrons. The first-order chi connectivity index (χ1) is 14.9. The number of thioether (sulfide) groups is 1. The Bertz CT molecular complexity index is 1140. The molecule has 0 bridgehead atoms. The summed E-state index contributed by atoms with van der Waals surface area (Å²) in [6, 6.07) is 19.4. The molecule has 5 nitrogen and oxygen atoms in total. The minimum Gasteiger partial charge on any atom is -0.308 e. The molecule has 0 aliphatic carbocycles. The van der Waals surface area contributed by atoms with E-state index >= 15 is 0 Å². The number of nitrogens with zero attached hydrogens (tertiary/aromatic N) is 1. The van der Waals surface area contributed by atoms with E-state index in [4.69, 9.17) is 0 Å². The van der Waals surface area contributed by atoms with E-state index in [-0.39, 0.29) is 11.9 Å². The fraction of sp³-hybridized carbons (Fsp3) is 0.200. The van der Waals surface area contributed by atoms with Crippen molar-refractivity contribution in [3.63, 3.8) is 0 Å². The molecule has 31 heavy (non-hydrogen) atoms. The van der Waals surface area contributed by atoms with E-state index in [1.54, 1.807) is 4.90 Å². The highest BCUT2D eigenvalue weighted by atomic mass is 32.2. The molecule has 3 aromatic carbocycles. The Kier molecular flexibility index (Phi) is 6.00. The second-order valence-electron chi connectivity index (χ2n) is 7.81. The molecule has 4 rings (SSSR count). The van der Waals surface area contributed by atoms with E-state index in [1.807, 2.05) is 69.3 Å². The van der Waals surface area contributed by atoms with E-state index in [0.717, 1.165) is 27.4 Å². The molecule has 3 amide bonds. The zero-order valence-corrected chi connectivity index (χ0v) is 18.7. The molecule has 2 N–H and O–H groups in total. The zero-order valence-electron chi connectivity index (χ0n) is 17.9. The summed E-state index contributed by atoms with van der Waals surface area (Å²) < 4.78 is 0. The van der Waals surface area contributed by atoms with Crippen molar-refractivity contribution in [1.82, 2.24) is 0 Å². The van der Waals surface area contributed by atoms with E-state index in [1.165, 1.54) is 22.9 Å². The van der Waals surface area contributed by atoms with Gasteiger partial charge in [-0.3, -0.25) is 4.79 Å². The molecular formula is C25H25N3O2S. The molecule has 0 unspecified atom stereocenters. The van der Waals surface area contributed by atoms with Crippen LogP contribution in [0.25, 0.3) is 0 Å². The van der Waals surface area contributed by atoms with Gasteiger partial charge < -0.3 is 15.5 Å². The largest absolute Gasteiger partial charge is 0.323 e. The van der Waals surface area contributed by atoms with Crippen LogP contribution in [0.4, 0.5) is 21.9 Å². The van der Waals surface area contributed by atoms with Crippen LogP contribution in [0.5, 0.6) is 0 Å². The second kappa shape index (κ2) is 8.86. The number of rotatable bonds is 4. The van der Waals surface area contributed by atoms with E-state index in [9.17, 15) is 9.59 Å². The summed E-state index contributed by atoms with van der Waals surface area (Å²) in [4.78, 5) is 28.0. The Morgan fingerprint density at radius 2 is 1.58 bits per heavy atom. The fourth-order valence-corrected chi connectivity index (χ4v) is 4.36. The highest BCUT2D eigenvalue weighted by molar-refractivity contribution is 8.00. The highest BCUT2D eigenvalue weighted by Gasteiger charge is 2.25. The molecule has 0 saturated carbocycles. The number of carbonyl (C=O) groups excluding carboxylic acids is 2. The molecular weight excluding hydrogens is 406 g/mol. The van der Waals surface area contributed by atoms with Gasteiger partial charge in [0, 0.05) is 16.3 Å². The van der Waals surface area contributed by atoms with Crippen LogP contribution >= 0.6 is 11.8 Å². The third-order valence-corrected chi connectivity index (χ3v) is 6.43. The number of benzene rings is 3. The second-order valence-corrected chi connectivity index (χ2v) is 8.83. The number of urea groups is 1. The SMILES string of the molecule is Cc1ccc(CN2C(=O)CSc3ccc(NC(=O)Nc4ccc(C)c(C)c4)cc32)cc1. The summed E-state index contributed by atoms with van der Waals surface area (Å²) in [5.74, 6) is 0.480. The standard InChI is InChI=1S/C25H25N3O2S/c1-16-4-7-19(8-5-16)14-28-22-13-21(10-11-23(22)31-15-24(28)29)27-25(30)26-20-9-6-17(2)18(3)12-20/h4-13H,14-15H2,1-3H3,(H2,26,27,30). The number of carbonyl (C=O) groups is 2. The van der Waals surface area contributed by atoms with Crippen LogP contribution in [0, 0.1) is 20.8 Å². The van der Waals surface area contributed by atoms with Crippen LogP contribution < -0.4 is 15.5 Å². The highest BCUT2D eigenvalue weighted by Crippen LogP contribution is 2.38. The van der Waals surface area contributed by atoms with Crippen molar-refractivity contribution in [2.75, 3.05) is 21.3 Å². The van der Waals surface area contributed by atoms with Gasteiger partial charge in [-0.25, -0.2) is 4.79 Å². The average Bonchev–Trinajstić information content (AvgIpc) is 2.74. The number of aryl methyl sites for hydroxylation is 3.